The number of carbonyl (C=O) groups excluding carboxylic acids is 2. The second-order valence-electron chi connectivity index (χ2n) is 6.79. The number of aryl methyl sites for hydroxylation is 2. The maximum absolute atomic E-state index is 12.7. The Morgan fingerprint density at radius 2 is 1.81 bits per heavy atom. The van der Waals surface area contributed by atoms with E-state index in [1.807, 2.05) is 32.0 Å². The van der Waals surface area contributed by atoms with Gasteiger partial charge in [-0.2, -0.15) is 0 Å². The third-order valence-electron chi connectivity index (χ3n) is 4.61. The predicted molar refractivity (Wildman–Crippen MR) is 102 cm³/mol. The van der Waals surface area contributed by atoms with Gasteiger partial charge in [-0.1, -0.05) is 0 Å². The number of nitrogens with one attached hydrogen (secondary N) is 1. The molecule has 1 amide bonds. The number of hydrogen-bond donors (Lipinski definition) is 1. The van der Waals surface area contributed by atoms with Crippen LogP contribution in [0.5, 0.6) is 0 Å². The minimum atomic E-state index is -0.250. The van der Waals surface area contributed by atoms with Gasteiger partial charge >= 0.3 is 5.97 Å². The predicted octanol–water partition coefficient (Wildman–Crippen LogP) is 2.86. The SMILES string of the molecule is COC(=O)C1CCCN(C(=O)c2ccc(Nc3nc(C)cc(C)n3)cc2)C1. The second-order valence-corrected chi connectivity index (χ2v) is 6.79. The number of rotatable bonds is 4. The number of aromatic nitrogens is 2. The molecule has 1 aromatic heterocycles. The normalized spacial score (nSPS) is 16.7. The molecule has 0 bridgehead atoms. The van der Waals surface area contributed by atoms with Crippen LogP contribution in [-0.2, 0) is 9.53 Å². The van der Waals surface area contributed by atoms with E-state index in [2.05, 4.69) is 15.3 Å². The highest BCUT2D eigenvalue weighted by atomic mass is 16.5. The summed E-state index contributed by atoms with van der Waals surface area (Å²) in [6.07, 6.45) is 1.56. The van der Waals surface area contributed by atoms with Crippen molar-refractivity contribution in [2.45, 2.75) is 26.7 Å². The lowest BCUT2D eigenvalue weighted by Gasteiger charge is -2.31. The minimum absolute atomic E-state index is 0.0715. The monoisotopic (exact) mass is 368 g/mol. The Bertz CT molecular complexity index is 815. The highest BCUT2D eigenvalue weighted by Gasteiger charge is 2.29. The summed E-state index contributed by atoms with van der Waals surface area (Å²) in [4.78, 5) is 34.9. The molecular weight excluding hydrogens is 344 g/mol. The molecule has 2 aromatic rings. The summed E-state index contributed by atoms with van der Waals surface area (Å²) in [6, 6.07) is 9.11. The Kier molecular flexibility index (Phi) is 5.69. The van der Waals surface area contributed by atoms with Crippen LogP contribution in [0.2, 0.25) is 0 Å². The highest BCUT2D eigenvalue weighted by molar-refractivity contribution is 5.95. The van der Waals surface area contributed by atoms with Gasteiger partial charge < -0.3 is 15.0 Å². The van der Waals surface area contributed by atoms with Gasteiger partial charge in [0.2, 0.25) is 5.95 Å². The van der Waals surface area contributed by atoms with E-state index in [1.54, 1.807) is 17.0 Å². The van der Waals surface area contributed by atoms with Crippen molar-refractivity contribution in [1.29, 1.82) is 0 Å². The van der Waals surface area contributed by atoms with E-state index in [4.69, 9.17) is 4.74 Å². The van der Waals surface area contributed by atoms with E-state index in [0.717, 1.165) is 29.9 Å². The summed E-state index contributed by atoms with van der Waals surface area (Å²) in [6.45, 7) is 4.90. The van der Waals surface area contributed by atoms with E-state index in [1.165, 1.54) is 7.11 Å². The molecule has 7 heteroatoms. The molecule has 1 N–H and O–H groups in total. The van der Waals surface area contributed by atoms with Crippen molar-refractivity contribution in [3.05, 3.63) is 47.3 Å². The van der Waals surface area contributed by atoms with Crippen LogP contribution >= 0.6 is 0 Å². The molecule has 2 heterocycles. The van der Waals surface area contributed by atoms with Gasteiger partial charge in [-0.15, -0.1) is 0 Å². The minimum Gasteiger partial charge on any atom is -0.469 e. The van der Waals surface area contributed by atoms with Crippen molar-refractivity contribution in [3.63, 3.8) is 0 Å². The number of likely N-dealkylation sites (tertiary alicyclic amines) is 1. The van der Waals surface area contributed by atoms with E-state index in [0.29, 0.717) is 24.6 Å². The Morgan fingerprint density at radius 3 is 2.44 bits per heavy atom. The van der Waals surface area contributed by atoms with Gasteiger partial charge in [0.25, 0.3) is 5.91 Å². The van der Waals surface area contributed by atoms with E-state index < -0.39 is 0 Å². The lowest BCUT2D eigenvalue weighted by atomic mass is 9.97. The van der Waals surface area contributed by atoms with Gasteiger partial charge in [0.05, 0.1) is 13.0 Å². The zero-order chi connectivity index (χ0) is 19.4. The van der Waals surface area contributed by atoms with Crippen molar-refractivity contribution in [3.8, 4) is 0 Å². The molecule has 1 aliphatic rings. The molecule has 1 saturated heterocycles. The summed E-state index contributed by atoms with van der Waals surface area (Å²) in [5.41, 5.74) is 3.18. The third kappa shape index (κ3) is 4.61. The van der Waals surface area contributed by atoms with E-state index in [9.17, 15) is 9.59 Å². The fourth-order valence-corrected chi connectivity index (χ4v) is 3.31. The van der Waals surface area contributed by atoms with Crippen molar-refractivity contribution >= 4 is 23.5 Å². The lowest BCUT2D eigenvalue weighted by molar-refractivity contribution is -0.146. The summed E-state index contributed by atoms with van der Waals surface area (Å²) in [5.74, 6) is -0.0304. The number of amides is 1. The van der Waals surface area contributed by atoms with Crippen LogP contribution in [0, 0.1) is 19.8 Å². The first kappa shape index (κ1) is 18.8. The van der Waals surface area contributed by atoms with Gasteiger partial charge in [-0.25, -0.2) is 9.97 Å². The number of carbonyl (C=O) groups is 2. The van der Waals surface area contributed by atoms with Gasteiger partial charge in [-0.3, -0.25) is 9.59 Å². The first-order chi connectivity index (χ1) is 13.0. The fourth-order valence-electron chi connectivity index (χ4n) is 3.31. The van der Waals surface area contributed by atoms with Gasteiger partial charge in [-0.05, 0) is 57.0 Å². The molecular formula is C20H24N4O3. The molecule has 0 saturated carbocycles. The number of anilines is 2. The zero-order valence-electron chi connectivity index (χ0n) is 15.9. The van der Waals surface area contributed by atoms with Crippen LogP contribution < -0.4 is 5.32 Å². The summed E-state index contributed by atoms with van der Waals surface area (Å²) in [7, 11) is 1.38. The molecule has 142 valence electrons. The Morgan fingerprint density at radius 1 is 1.15 bits per heavy atom. The van der Waals surface area contributed by atoms with E-state index >= 15 is 0 Å². The number of hydrogen-bond acceptors (Lipinski definition) is 6. The Balaban J connectivity index is 1.67. The van der Waals surface area contributed by atoms with Crippen LogP contribution in [0.25, 0.3) is 0 Å². The molecule has 1 atom stereocenters. The molecule has 3 rings (SSSR count). The number of ether oxygens (including phenoxy) is 1. The van der Waals surface area contributed by atoms with Crippen molar-refractivity contribution in [2.24, 2.45) is 5.92 Å². The molecule has 27 heavy (non-hydrogen) atoms. The quantitative estimate of drug-likeness (QED) is 0.836. The fraction of sp³-hybridized carbons (Fsp3) is 0.400. The van der Waals surface area contributed by atoms with E-state index in [-0.39, 0.29) is 17.8 Å². The molecule has 0 spiro atoms. The van der Waals surface area contributed by atoms with Crippen LogP contribution in [0.4, 0.5) is 11.6 Å². The molecule has 1 aliphatic heterocycles. The average Bonchev–Trinajstić information content (AvgIpc) is 2.66. The first-order valence-corrected chi connectivity index (χ1v) is 9.02. The number of benzene rings is 1. The average molecular weight is 368 g/mol. The second kappa shape index (κ2) is 8.16. The van der Waals surface area contributed by atoms with Crippen molar-refractivity contribution < 1.29 is 14.3 Å². The van der Waals surface area contributed by atoms with Crippen LogP contribution in [-0.4, -0.2) is 46.9 Å². The zero-order valence-corrected chi connectivity index (χ0v) is 15.9. The van der Waals surface area contributed by atoms with Crippen molar-refractivity contribution in [2.75, 3.05) is 25.5 Å². The number of methoxy groups -OCH3 is 1. The maximum atomic E-state index is 12.7. The highest BCUT2D eigenvalue weighted by Crippen LogP contribution is 2.21. The Labute approximate surface area is 158 Å². The van der Waals surface area contributed by atoms with Gasteiger partial charge in [0, 0.05) is 35.7 Å². The smallest absolute Gasteiger partial charge is 0.310 e. The molecule has 1 fully saturated rings. The molecule has 7 nitrogen and oxygen atoms in total. The maximum Gasteiger partial charge on any atom is 0.310 e. The van der Waals surface area contributed by atoms with Gasteiger partial charge in [0.15, 0.2) is 0 Å². The van der Waals surface area contributed by atoms with Gasteiger partial charge in [0.1, 0.15) is 0 Å². The number of esters is 1. The van der Waals surface area contributed by atoms with Crippen LogP contribution in [0.1, 0.15) is 34.6 Å². The van der Waals surface area contributed by atoms with Crippen LogP contribution in [0.3, 0.4) is 0 Å². The number of piperidine rings is 1. The molecule has 1 unspecified atom stereocenters. The number of nitrogens with zero attached hydrogens (tertiary/aromatic N) is 3. The molecule has 0 radical (unpaired) electrons. The summed E-state index contributed by atoms with van der Waals surface area (Å²) < 4.78 is 4.82. The first-order valence-electron chi connectivity index (χ1n) is 9.02. The Hall–Kier alpha value is -2.96. The standard InChI is InChI=1S/C20H24N4O3/c1-13-11-14(2)22-20(21-13)23-17-8-6-15(7-9-17)18(25)24-10-4-5-16(12-24)19(26)27-3/h6-9,11,16H,4-5,10,12H2,1-3H3,(H,21,22,23). The summed E-state index contributed by atoms with van der Waals surface area (Å²) >= 11 is 0. The van der Waals surface area contributed by atoms with Crippen molar-refractivity contribution in [1.82, 2.24) is 14.9 Å². The molecule has 0 aliphatic carbocycles. The largest absolute Gasteiger partial charge is 0.469 e. The lowest BCUT2D eigenvalue weighted by Crippen LogP contribution is -2.42. The van der Waals surface area contributed by atoms with Crippen LogP contribution in [0.15, 0.2) is 30.3 Å². The topological polar surface area (TPSA) is 84.4 Å². The summed E-state index contributed by atoms with van der Waals surface area (Å²) in [5, 5.41) is 3.15. The molecule has 1 aromatic carbocycles. The third-order valence-corrected chi connectivity index (χ3v) is 4.61.